The molecule has 6 heteroatoms. The first-order valence-electron chi connectivity index (χ1n) is 6.50. The quantitative estimate of drug-likeness (QED) is 0.922. The molecule has 0 bridgehead atoms. The van der Waals surface area contributed by atoms with Crippen molar-refractivity contribution in [3.63, 3.8) is 0 Å². The molecule has 2 rings (SSSR count). The number of halogens is 2. The number of rotatable bonds is 4. The maximum atomic E-state index is 13.7. The largest absolute Gasteiger partial charge is 0.497 e. The second-order valence-corrected chi connectivity index (χ2v) is 4.76. The van der Waals surface area contributed by atoms with Crippen molar-refractivity contribution in [3.05, 3.63) is 29.3 Å². The van der Waals surface area contributed by atoms with Crippen molar-refractivity contribution in [1.29, 1.82) is 0 Å². The molecule has 1 fully saturated rings. The minimum absolute atomic E-state index is 0.0391. The molecule has 0 saturated carbocycles. The lowest BCUT2D eigenvalue weighted by molar-refractivity contribution is 0.0535. The zero-order chi connectivity index (χ0) is 14.5. The van der Waals surface area contributed by atoms with Crippen LogP contribution < -0.4 is 10.1 Å². The summed E-state index contributed by atoms with van der Waals surface area (Å²) in [7, 11) is 1.30. The van der Waals surface area contributed by atoms with E-state index in [0.29, 0.717) is 13.2 Å². The molecule has 1 atom stereocenters. The van der Waals surface area contributed by atoms with Crippen LogP contribution in [-0.2, 0) is 4.74 Å². The maximum absolute atomic E-state index is 13.7. The van der Waals surface area contributed by atoms with Crippen LogP contribution in [0.25, 0.3) is 0 Å². The highest BCUT2D eigenvalue weighted by Crippen LogP contribution is 2.20. The molecule has 1 saturated heterocycles. The van der Waals surface area contributed by atoms with Crippen LogP contribution in [0.2, 0.25) is 0 Å². The Bertz CT molecular complexity index is 464. The number of benzene rings is 1. The van der Waals surface area contributed by atoms with Crippen molar-refractivity contribution in [2.45, 2.75) is 12.8 Å². The van der Waals surface area contributed by atoms with Gasteiger partial charge in [0.1, 0.15) is 22.9 Å². The van der Waals surface area contributed by atoms with Gasteiger partial charge >= 0.3 is 0 Å². The molecule has 4 nitrogen and oxygen atoms in total. The van der Waals surface area contributed by atoms with Crippen LogP contribution in [0.5, 0.6) is 5.75 Å². The first-order valence-corrected chi connectivity index (χ1v) is 6.50. The zero-order valence-corrected chi connectivity index (χ0v) is 11.2. The molecule has 0 radical (unpaired) electrons. The Kier molecular flexibility index (Phi) is 4.89. The highest BCUT2D eigenvalue weighted by atomic mass is 19.1. The molecule has 1 aromatic rings. The first kappa shape index (κ1) is 14.7. The number of methoxy groups -OCH3 is 1. The maximum Gasteiger partial charge on any atom is 0.257 e. The third-order valence-electron chi connectivity index (χ3n) is 3.28. The van der Waals surface area contributed by atoms with Crippen molar-refractivity contribution >= 4 is 5.91 Å². The Morgan fingerprint density at radius 1 is 1.45 bits per heavy atom. The molecule has 0 unspecified atom stereocenters. The van der Waals surface area contributed by atoms with Crippen molar-refractivity contribution in [3.8, 4) is 5.75 Å². The number of carbonyl (C=O) groups excluding carboxylic acids is 1. The van der Waals surface area contributed by atoms with Crippen LogP contribution in [0.4, 0.5) is 8.78 Å². The molecule has 1 amide bonds. The first-order chi connectivity index (χ1) is 9.61. The number of hydrogen-bond donors (Lipinski definition) is 1. The predicted molar refractivity (Wildman–Crippen MR) is 68.8 cm³/mol. The SMILES string of the molecule is COc1cc(F)c(C(=O)NC[C@H]2CCCOC2)c(F)c1. The summed E-state index contributed by atoms with van der Waals surface area (Å²) in [5, 5.41) is 2.55. The van der Waals surface area contributed by atoms with E-state index in [9.17, 15) is 13.6 Å². The molecule has 1 aliphatic rings. The van der Waals surface area contributed by atoms with Crippen molar-refractivity contribution in [2.24, 2.45) is 5.92 Å². The minimum Gasteiger partial charge on any atom is -0.497 e. The molecule has 0 aliphatic carbocycles. The van der Waals surface area contributed by atoms with E-state index in [1.165, 1.54) is 7.11 Å². The topological polar surface area (TPSA) is 47.6 Å². The Hall–Kier alpha value is -1.69. The molecular formula is C14H17F2NO3. The molecule has 20 heavy (non-hydrogen) atoms. The van der Waals surface area contributed by atoms with E-state index >= 15 is 0 Å². The fourth-order valence-corrected chi connectivity index (χ4v) is 2.18. The van der Waals surface area contributed by atoms with Gasteiger partial charge in [0.2, 0.25) is 0 Å². The van der Waals surface area contributed by atoms with Gasteiger partial charge in [0.15, 0.2) is 0 Å². The van der Waals surface area contributed by atoms with Crippen LogP contribution >= 0.6 is 0 Å². The van der Waals surface area contributed by atoms with Gasteiger partial charge in [-0.3, -0.25) is 4.79 Å². The fourth-order valence-electron chi connectivity index (χ4n) is 2.18. The van der Waals surface area contributed by atoms with Crippen LogP contribution in [0.15, 0.2) is 12.1 Å². The molecular weight excluding hydrogens is 268 g/mol. The van der Waals surface area contributed by atoms with Crippen molar-refractivity contribution in [2.75, 3.05) is 26.9 Å². The summed E-state index contributed by atoms with van der Waals surface area (Å²) in [4.78, 5) is 11.9. The van der Waals surface area contributed by atoms with Gasteiger partial charge in [-0.1, -0.05) is 0 Å². The van der Waals surface area contributed by atoms with Gasteiger partial charge in [-0.05, 0) is 18.8 Å². The van der Waals surface area contributed by atoms with Crippen LogP contribution in [0, 0.1) is 17.6 Å². The molecule has 0 aromatic heterocycles. The lowest BCUT2D eigenvalue weighted by Crippen LogP contribution is -2.34. The van der Waals surface area contributed by atoms with Gasteiger partial charge in [0, 0.05) is 25.3 Å². The zero-order valence-electron chi connectivity index (χ0n) is 11.2. The summed E-state index contributed by atoms with van der Waals surface area (Å²) >= 11 is 0. The summed E-state index contributed by atoms with van der Waals surface area (Å²) in [6.45, 7) is 1.64. The van der Waals surface area contributed by atoms with E-state index in [4.69, 9.17) is 9.47 Å². The van der Waals surface area contributed by atoms with Gasteiger partial charge in [0.05, 0.1) is 13.7 Å². The van der Waals surface area contributed by atoms with E-state index in [-0.39, 0.29) is 11.7 Å². The van der Waals surface area contributed by atoms with Gasteiger partial charge < -0.3 is 14.8 Å². The third-order valence-corrected chi connectivity index (χ3v) is 3.28. The lowest BCUT2D eigenvalue weighted by Gasteiger charge is -2.22. The third kappa shape index (κ3) is 3.45. The average Bonchev–Trinajstić information content (AvgIpc) is 2.45. The number of nitrogens with one attached hydrogen (secondary N) is 1. The standard InChI is InChI=1S/C14H17F2NO3/c1-19-10-5-11(15)13(12(16)6-10)14(18)17-7-9-3-2-4-20-8-9/h5-6,9H,2-4,7-8H2,1H3,(H,17,18)/t9-/m1/s1. The second kappa shape index (κ2) is 6.65. The van der Waals surface area contributed by atoms with E-state index in [1.54, 1.807) is 0 Å². The summed E-state index contributed by atoms with van der Waals surface area (Å²) in [5.74, 6) is -2.39. The van der Waals surface area contributed by atoms with Gasteiger partial charge in [-0.25, -0.2) is 8.78 Å². The number of hydrogen-bond acceptors (Lipinski definition) is 3. The van der Waals surface area contributed by atoms with Gasteiger partial charge in [-0.15, -0.1) is 0 Å². The number of carbonyl (C=O) groups is 1. The molecule has 1 aromatic carbocycles. The van der Waals surface area contributed by atoms with E-state index in [1.807, 2.05) is 0 Å². The smallest absolute Gasteiger partial charge is 0.257 e. The Morgan fingerprint density at radius 3 is 2.70 bits per heavy atom. The monoisotopic (exact) mass is 285 g/mol. The van der Waals surface area contributed by atoms with Crippen LogP contribution in [0.3, 0.4) is 0 Å². The Morgan fingerprint density at radius 2 is 2.15 bits per heavy atom. The second-order valence-electron chi connectivity index (χ2n) is 4.76. The highest BCUT2D eigenvalue weighted by molar-refractivity contribution is 5.94. The summed E-state index contributed by atoms with van der Waals surface area (Å²) < 4.78 is 37.4. The molecule has 1 N–H and O–H groups in total. The summed E-state index contributed by atoms with van der Waals surface area (Å²) in [6, 6.07) is 1.98. The van der Waals surface area contributed by atoms with E-state index < -0.39 is 23.1 Å². The number of ether oxygens (including phenoxy) is 2. The summed E-state index contributed by atoms with van der Waals surface area (Å²) in [5.41, 5.74) is -0.581. The van der Waals surface area contributed by atoms with E-state index in [0.717, 1.165) is 31.6 Å². The fraction of sp³-hybridized carbons (Fsp3) is 0.500. The Balaban J connectivity index is 2.01. The van der Waals surface area contributed by atoms with Crippen molar-refractivity contribution in [1.82, 2.24) is 5.32 Å². The highest BCUT2D eigenvalue weighted by Gasteiger charge is 2.21. The van der Waals surface area contributed by atoms with Gasteiger partial charge in [0.25, 0.3) is 5.91 Å². The molecule has 1 aliphatic heterocycles. The van der Waals surface area contributed by atoms with Gasteiger partial charge in [-0.2, -0.15) is 0 Å². The molecule has 110 valence electrons. The minimum atomic E-state index is -0.931. The Labute approximate surface area is 116 Å². The van der Waals surface area contributed by atoms with Crippen LogP contribution in [-0.4, -0.2) is 32.8 Å². The molecule has 1 heterocycles. The average molecular weight is 285 g/mol. The lowest BCUT2D eigenvalue weighted by atomic mass is 10.0. The summed E-state index contributed by atoms with van der Waals surface area (Å²) in [6.07, 6.45) is 1.87. The normalized spacial score (nSPS) is 18.6. The molecule has 0 spiro atoms. The van der Waals surface area contributed by atoms with Crippen LogP contribution in [0.1, 0.15) is 23.2 Å². The van der Waals surface area contributed by atoms with E-state index in [2.05, 4.69) is 5.32 Å². The number of amides is 1. The van der Waals surface area contributed by atoms with Crippen molar-refractivity contribution < 1.29 is 23.0 Å². The predicted octanol–water partition coefficient (Wildman–Crippen LogP) is 2.13.